The van der Waals surface area contributed by atoms with E-state index in [9.17, 15) is 4.79 Å². The molecule has 0 saturated carbocycles. The molecule has 150 valence electrons. The smallest absolute Gasteiger partial charge is 0.449 e. The fraction of sp³-hybridized carbons (Fsp3) is 0.261. The van der Waals surface area contributed by atoms with Crippen molar-refractivity contribution in [3.8, 4) is 5.75 Å². The minimum Gasteiger partial charge on any atom is -0.449 e. The lowest BCUT2D eigenvalue weighted by molar-refractivity contribution is 0.145. The van der Waals surface area contributed by atoms with E-state index < -0.39 is 6.16 Å². The van der Waals surface area contributed by atoms with Crippen molar-refractivity contribution in [1.82, 2.24) is 10.3 Å². The summed E-state index contributed by atoms with van der Waals surface area (Å²) in [5.41, 5.74) is 4.66. The molecule has 1 aromatic heterocycles. The highest BCUT2D eigenvalue weighted by atomic mass is 32.2. The number of carbonyl (C=O) groups is 1. The molecule has 3 aromatic rings. The molecule has 29 heavy (non-hydrogen) atoms. The molecule has 0 spiro atoms. The number of fused-ring (bicyclic) bond motifs is 1. The molecule has 0 fully saturated rings. The SMILES string of the molecule is O=C(O)Oc1cccc2c(CSCCC3CC(c4ccccc4)=CCN3)c[nH]c12. The van der Waals surface area contributed by atoms with Crippen LogP contribution in [0.15, 0.2) is 60.8 Å². The van der Waals surface area contributed by atoms with Gasteiger partial charge in [-0.05, 0) is 41.4 Å². The number of H-pyrrole nitrogens is 1. The summed E-state index contributed by atoms with van der Waals surface area (Å²) in [5.74, 6) is 2.29. The fourth-order valence-electron chi connectivity index (χ4n) is 3.75. The summed E-state index contributed by atoms with van der Waals surface area (Å²) in [6.07, 6.45) is 5.12. The Bertz CT molecular complexity index is 1010. The van der Waals surface area contributed by atoms with Gasteiger partial charge in [-0.3, -0.25) is 0 Å². The highest BCUT2D eigenvalue weighted by Crippen LogP contribution is 2.30. The zero-order valence-electron chi connectivity index (χ0n) is 16.1. The van der Waals surface area contributed by atoms with Crippen LogP contribution < -0.4 is 10.1 Å². The molecule has 0 aliphatic carbocycles. The number of ether oxygens (including phenoxy) is 1. The molecular formula is C23H24N2O3S. The molecule has 1 atom stereocenters. The number of nitrogens with one attached hydrogen (secondary N) is 2. The monoisotopic (exact) mass is 408 g/mol. The Kier molecular flexibility index (Phi) is 6.22. The molecule has 1 aliphatic rings. The Morgan fingerprint density at radius 3 is 2.86 bits per heavy atom. The summed E-state index contributed by atoms with van der Waals surface area (Å²) in [5, 5.41) is 13.5. The van der Waals surface area contributed by atoms with E-state index in [1.807, 2.05) is 30.1 Å². The Hall–Kier alpha value is -2.70. The standard InChI is InChI=1S/C23H24N2O3S/c26-23(27)28-21-8-4-7-20-18(14-25-22(20)21)15-29-12-10-19-13-17(9-11-24-19)16-5-2-1-3-6-16/h1-9,14,19,24-25H,10-13,15H2,(H,26,27). The van der Waals surface area contributed by atoms with Crippen LogP contribution >= 0.6 is 11.8 Å². The van der Waals surface area contributed by atoms with Gasteiger partial charge < -0.3 is 20.1 Å². The molecule has 4 rings (SSSR count). The lowest BCUT2D eigenvalue weighted by Gasteiger charge is -2.24. The summed E-state index contributed by atoms with van der Waals surface area (Å²) >= 11 is 1.90. The third kappa shape index (κ3) is 4.83. The molecular weight excluding hydrogens is 384 g/mol. The zero-order valence-corrected chi connectivity index (χ0v) is 16.9. The van der Waals surface area contributed by atoms with Gasteiger partial charge in [-0.1, -0.05) is 48.5 Å². The predicted octanol–water partition coefficient (Wildman–Crippen LogP) is 5.29. The summed E-state index contributed by atoms with van der Waals surface area (Å²) in [6.45, 7) is 0.925. The van der Waals surface area contributed by atoms with Crippen LogP contribution in [-0.4, -0.2) is 34.6 Å². The molecule has 0 amide bonds. The fourth-order valence-corrected chi connectivity index (χ4v) is 4.81. The summed E-state index contributed by atoms with van der Waals surface area (Å²) in [6, 6.07) is 16.6. The van der Waals surface area contributed by atoms with Crippen LogP contribution in [0.1, 0.15) is 24.0 Å². The Morgan fingerprint density at radius 2 is 2.03 bits per heavy atom. The van der Waals surface area contributed by atoms with Gasteiger partial charge in [0.25, 0.3) is 0 Å². The van der Waals surface area contributed by atoms with E-state index >= 15 is 0 Å². The van der Waals surface area contributed by atoms with Gasteiger partial charge in [-0.2, -0.15) is 11.8 Å². The number of aromatic amines is 1. The normalized spacial score (nSPS) is 16.6. The first-order valence-corrected chi connectivity index (χ1v) is 10.9. The van der Waals surface area contributed by atoms with Crippen molar-refractivity contribution < 1.29 is 14.6 Å². The second-order valence-electron chi connectivity index (χ2n) is 7.11. The number of hydrogen-bond donors (Lipinski definition) is 3. The summed E-state index contributed by atoms with van der Waals surface area (Å²) < 4.78 is 4.86. The Morgan fingerprint density at radius 1 is 1.17 bits per heavy atom. The zero-order chi connectivity index (χ0) is 20.1. The second kappa shape index (κ2) is 9.20. The predicted molar refractivity (Wildman–Crippen MR) is 119 cm³/mol. The lowest BCUT2D eigenvalue weighted by atomic mass is 9.94. The van der Waals surface area contributed by atoms with E-state index in [0.29, 0.717) is 11.8 Å². The molecule has 1 unspecified atom stereocenters. The maximum Gasteiger partial charge on any atom is 0.511 e. The van der Waals surface area contributed by atoms with Crippen molar-refractivity contribution in [3.05, 3.63) is 71.9 Å². The molecule has 1 aliphatic heterocycles. The molecule has 2 aromatic carbocycles. The number of benzene rings is 2. The third-order valence-electron chi connectivity index (χ3n) is 5.19. The second-order valence-corrected chi connectivity index (χ2v) is 8.21. The molecule has 5 nitrogen and oxygen atoms in total. The lowest BCUT2D eigenvalue weighted by Crippen LogP contribution is -2.33. The van der Waals surface area contributed by atoms with Gasteiger partial charge in [0.2, 0.25) is 0 Å². The molecule has 0 bridgehead atoms. The van der Waals surface area contributed by atoms with Crippen molar-refractivity contribution in [1.29, 1.82) is 0 Å². The first-order valence-electron chi connectivity index (χ1n) is 9.76. The highest BCUT2D eigenvalue weighted by Gasteiger charge is 2.16. The maximum absolute atomic E-state index is 10.8. The minimum absolute atomic E-state index is 0.345. The number of hydrogen-bond acceptors (Lipinski definition) is 4. The van der Waals surface area contributed by atoms with E-state index in [4.69, 9.17) is 9.84 Å². The molecule has 3 N–H and O–H groups in total. The number of thioether (sulfide) groups is 1. The Labute approximate surface area is 174 Å². The third-order valence-corrected chi connectivity index (χ3v) is 6.23. The van der Waals surface area contributed by atoms with E-state index in [1.165, 1.54) is 16.7 Å². The van der Waals surface area contributed by atoms with Crippen LogP contribution in [-0.2, 0) is 5.75 Å². The van der Waals surface area contributed by atoms with Gasteiger partial charge >= 0.3 is 6.16 Å². The van der Waals surface area contributed by atoms with E-state index in [1.54, 1.807) is 6.07 Å². The van der Waals surface area contributed by atoms with Crippen molar-refractivity contribution in [2.24, 2.45) is 0 Å². The molecule has 2 heterocycles. The van der Waals surface area contributed by atoms with E-state index in [-0.39, 0.29) is 0 Å². The summed E-state index contributed by atoms with van der Waals surface area (Å²) in [4.78, 5) is 14.0. The van der Waals surface area contributed by atoms with Crippen LogP contribution in [0.25, 0.3) is 16.5 Å². The van der Waals surface area contributed by atoms with Gasteiger partial charge in [-0.25, -0.2) is 4.79 Å². The number of carboxylic acid groups (broad SMARTS) is 1. The summed E-state index contributed by atoms with van der Waals surface area (Å²) in [7, 11) is 0. The van der Waals surface area contributed by atoms with Crippen molar-refractivity contribution >= 4 is 34.4 Å². The van der Waals surface area contributed by atoms with Crippen LogP contribution in [0.4, 0.5) is 4.79 Å². The van der Waals surface area contributed by atoms with Gasteiger partial charge in [0, 0.05) is 29.9 Å². The quantitative estimate of drug-likeness (QED) is 0.281. The molecule has 0 radical (unpaired) electrons. The average molecular weight is 409 g/mol. The van der Waals surface area contributed by atoms with Gasteiger partial charge in [0.1, 0.15) is 0 Å². The van der Waals surface area contributed by atoms with Gasteiger partial charge in [0.15, 0.2) is 5.75 Å². The number of para-hydroxylation sites is 1. The first kappa shape index (κ1) is 19.6. The number of rotatable bonds is 7. The minimum atomic E-state index is -1.30. The molecule has 0 saturated heterocycles. The Balaban J connectivity index is 1.30. The van der Waals surface area contributed by atoms with Gasteiger partial charge in [0.05, 0.1) is 5.52 Å². The first-order chi connectivity index (χ1) is 14.2. The van der Waals surface area contributed by atoms with Crippen molar-refractivity contribution in [2.75, 3.05) is 12.3 Å². The van der Waals surface area contributed by atoms with Gasteiger partial charge in [-0.15, -0.1) is 0 Å². The molecule has 6 heteroatoms. The van der Waals surface area contributed by atoms with Crippen molar-refractivity contribution in [3.63, 3.8) is 0 Å². The van der Waals surface area contributed by atoms with E-state index in [0.717, 1.165) is 41.8 Å². The van der Waals surface area contributed by atoms with Crippen LogP contribution in [0.3, 0.4) is 0 Å². The van der Waals surface area contributed by atoms with Crippen LogP contribution in [0.5, 0.6) is 5.75 Å². The van der Waals surface area contributed by atoms with Crippen molar-refractivity contribution in [2.45, 2.75) is 24.6 Å². The van der Waals surface area contributed by atoms with Crippen LogP contribution in [0, 0.1) is 0 Å². The highest BCUT2D eigenvalue weighted by molar-refractivity contribution is 7.98. The van der Waals surface area contributed by atoms with E-state index in [2.05, 4.69) is 46.7 Å². The number of aromatic nitrogens is 1. The van der Waals surface area contributed by atoms with Crippen LogP contribution in [0.2, 0.25) is 0 Å². The average Bonchev–Trinajstić information content (AvgIpc) is 3.16. The largest absolute Gasteiger partial charge is 0.511 e. The topological polar surface area (TPSA) is 74.3 Å². The maximum atomic E-state index is 10.8.